The maximum absolute atomic E-state index is 13.5. The van der Waals surface area contributed by atoms with Crippen molar-refractivity contribution in [3.05, 3.63) is 71.0 Å². The van der Waals surface area contributed by atoms with Crippen LogP contribution in [0.4, 0.5) is 4.79 Å². The average Bonchev–Trinajstić information content (AvgIpc) is 3.52. The number of nitrogens with one attached hydrogen (secondary N) is 1. The highest BCUT2D eigenvalue weighted by Crippen LogP contribution is 2.43. The molecular weight excluding hydrogens is 532 g/mol. The summed E-state index contributed by atoms with van der Waals surface area (Å²) in [4.78, 5) is 44.9. The van der Waals surface area contributed by atoms with Crippen LogP contribution in [0.1, 0.15) is 63.3 Å². The predicted octanol–water partition coefficient (Wildman–Crippen LogP) is 5.53. The second-order valence-electron chi connectivity index (χ2n) is 13.0. The zero-order valence-electron chi connectivity index (χ0n) is 24.5. The van der Waals surface area contributed by atoms with Crippen LogP contribution in [0.25, 0.3) is 33.0 Å². The van der Waals surface area contributed by atoms with Gasteiger partial charge in [-0.25, -0.2) is 4.79 Å². The summed E-state index contributed by atoms with van der Waals surface area (Å²) in [7, 11) is 0. The maximum Gasteiger partial charge on any atom is 0.528 e. The van der Waals surface area contributed by atoms with Gasteiger partial charge in [0.05, 0.1) is 35.3 Å². The molecule has 0 aliphatic carbocycles. The molecule has 2 amide bonds. The monoisotopic (exact) mass is 566 g/mol. The number of para-hydroxylation sites is 2. The van der Waals surface area contributed by atoms with Gasteiger partial charge in [-0.2, -0.15) is 0 Å². The number of benzene rings is 2. The highest BCUT2D eigenvalue weighted by atomic mass is 16.8. The molecule has 0 unspecified atom stereocenters. The van der Waals surface area contributed by atoms with Gasteiger partial charge >= 0.3 is 6.16 Å². The van der Waals surface area contributed by atoms with Crippen LogP contribution in [0.5, 0.6) is 0 Å². The molecule has 0 atom stereocenters. The number of carbonyl (C=O) groups excluding carboxylic acids is 3. The van der Waals surface area contributed by atoms with Gasteiger partial charge in [0, 0.05) is 46.4 Å². The maximum atomic E-state index is 13.5. The first-order valence-corrected chi connectivity index (χ1v) is 14.4. The van der Waals surface area contributed by atoms with Gasteiger partial charge in [-0.1, -0.05) is 36.4 Å². The molecule has 9 heteroatoms. The highest BCUT2D eigenvalue weighted by Gasteiger charge is 2.38. The Balaban J connectivity index is 1.35. The van der Waals surface area contributed by atoms with E-state index >= 15 is 0 Å². The summed E-state index contributed by atoms with van der Waals surface area (Å²) in [5.41, 5.74) is 5.82. The molecule has 9 nitrogen and oxygen atoms in total. The van der Waals surface area contributed by atoms with Crippen LogP contribution in [0.2, 0.25) is 0 Å². The summed E-state index contributed by atoms with van der Waals surface area (Å²) in [6.07, 6.45) is 5.23. The fourth-order valence-corrected chi connectivity index (χ4v) is 6.65. The number of imide groups is 1. The second-order valence-corrected chi connectivity index (χ2v) is 13.0. The lowest BCUT2D eigenvalue weighted by atomic mass is 9.90. The first-order valence-electron chi connectivity index (χ1n) is 14.4. The van der Waals surface area contributed by atoms with E-state index in [4.69, 9.17) is 9.57 Å². The number of hydroxylamine groups is 2. The minimum atomic E-state index is -0.743. The van der Waals surface area contributed by atoms with Gasteiger partial charge in [0.25, 0.3) is 11.8 Å². The zero-order valence-corrected chi connectivity index (χ0v) is 24.5. The Kier molecular flexibility index (Phi) is 5.72. The normalized spacial score (nSPS) is 18.5. The number of amides is 2. The van der Waals surface area contributed by atoms with Crippen LogP contribution in [0, 0.1) is 0 Å². The number of carbonyl (C=O) groups is 3. The molecule has 2 aromatic carbocycles. The van der Waals surface area contributed by atoms with Gasteiger partial charge in [0.1, 0.15) is 5.60 Å². The van der Waals surface area contributed by atoms with Crippen molar-refractivity contribution in [2.75, 3.05) is 6.54 Å². The molecule has 5 heterocycles. The van der Waals surface area contributed by atoms with E-state index in [0.717, 1.165) is 51.3 Å². The second kappa shape index (κ2) is 9.06. The Morgan fingerprint density at radius 2 is 1.52 bits per heavy atom. The van der Waals surface area contributed by atoms with E-state index in [9.17, 15) is 14.4 Å². The number of nitrogens with zero attached hydrogens (tertiary/aromatic N) is 3. The molecule has 4 aromatic rings. The Hall–Kier alpha value is -4.37. The molecule has 2 aromatic heterocycles. The van der Waals surface area contributed by atoms with Gasteiger partial charge < -0.3 is 18.7 Å². The molecule has 1 N–H and O–H groups in total. The van der Waals surface area contributed by atoms with Crippen molar-refractivity contribution in [1.29, 1.82) is 0 Å². The molecule has 0 fully saturated rings. The van der Waals surface area contributed by atoms with Crippen LogP contribution < -0.4 is 5.32 Å². The molecule has 0 saturated heterocycles. The van der Waals surface area contributed by atoms with E-state index in [2.05, 4.69) is 40.6 Å². The minimum Gasteiger partial charge on any atom is -0.427 e. The molecule has 0 saturated carbocycles. The highest BCUT2D eigenvalue weighted by molar-refractivity contribution is 6.50. The summed E-state index contributed by atoms with van der Waals surface area (Å²) in [6, 6.07) is 12.1. The third kappa shape index (κ3) is 4.14. The fraction of sp³-hybridized carbons (Fsp3) is 0.364. The largest absolute Gasteiger partial charge is 0.528 e. The van der Waals surface area contributed by atoms with Crippen LogP contribution in [0.3, 0.4) is 0 Å². The molecule has 0 bridgehead atoms. The van der Waals surface area contributed by atoms with E-state index in [-0.39, 0.29) is 11.4 Å². The van der Waals surface area contributed by atoms with Crippen molar-refractivity contribution in [2.24, 2.45) is 0 Å². The van der Waals surface area contributed by atoms with E-state index in [1.165, 1.54) is 5.56 Å². The van der Waals surface area contributed by atoms with Crippen molar-refractivity contribution >= 4 is 50.9 Å². The third-order valence-electron chi connectivity index (χ3n) is 8.55. The van der Waals surface area contributed by atoms with E-state index in [0.29, 0.717) is 30.8 Å². The number of rotatable bonds is 3. The first kappa shape index (κ1) is 26.5. The number of aryl methyl sites for hydroxylation is 1. The zero-order chi connectivity index (χ0) is 29.6. The molecule has 0 spiro atoms. The lowest BCUT2D eigenvalue weighted by molar-refractivity contribution is -0.148. The van der Waals surface area contributed by atoms with Crippen LogP contribution in [-0.2, 0) is 44.2 Å². The molecular formula is C33H34N4O5. The Labute approximate surface area is 243 Å². The van der Waals surface area contributed by atoms with Gasteiger partial charge in [-0.05, 0) is 58.6 Å². The average molecular weight is 567 g/mol. The topological polar surface area (TPSA) is 94.8 Å². The minimum absolute atomic E-state index is 0.111. The fourth-order valence-electron chi connectivity index (χ4n) is 6.65. The van der Waals surface area contributed by atoms with Gasteiger partial charge in [-0.3, -0.25) is 14.9 Å². The van der Waals surface area contributed by atoms with Crippen molar-refractivity contribution in [1.82, 2.24) is 19.5 Å². The Morgan fingerprint density at radius 1 is 0.881 bits per heavy atom. The molecule has 3 aliphatic heterocycles. The molecule has 0 radical (unpaired) electrons. The lowest BCUT2D eigenvalue weighted by Crippen LogP contribution is -2.32. The predicted molar refractivity (Wildman–Crippen MR) is 159 cm³/mol. The Morgan fingerprint density at radius 3 is 2.21 bits per heavy atom. The van der Waals surface area contributed by atoms with Crippen LogP contribution >= 0.6 is 0 Å². The van der Waals surface area contributed by atoms with E-state index in [1.807, 2.05) is 36.5 Å². The lowest BCUT2D eigenvalue weighted by Gasteiger charge is -2.33. The van der Waals surface area contributed by atoms with Crippen molar-refractivity contribution in [3.63, 3.8) is 0 Å². The van der Waals surface area contributed by atoms with Crippen LogP contribution in [-0.4, -0.2) is 44.3 Å². The Bertz CT molecular complexity index is 1870. The van der Waals surface area contributed by atoms with Crippen molar-refractivity contribution in [2.45, 2.75) is 71.7 Å². The summed E-state index contributed by atoms with van der Waals surface area (Å²) >= 11 is 0. The van der Waals surface area contributed by atoms with Gasteiger partial charge in [0.2, 0.25) is 0 Å². The number of aromatic nitrogens is 2. The first-order chi connectivity index (χ1) is 19.9. The summed E-state index contributed by atoms with van der Waals surface area (Å²) in [5, 5.41) is 6.04. The summed E-state index contributed by atoms with van der Waals surface area (Å²) < 4.78 is 9.70. The molecule has 42 heavy (non-hydrogen) atoms. The number of ether oxygens (including phenoxy) is 1. The molecule has 216 valence electrons. The number of hydrogen-bond acceptors (Lipinski definition) is 6. The van der Waals surface area contributed by atoms with Gasteiger partial charge in [0.15, 0.2) is 0 Å². The summed E-state index contributed by atoms with van der Waals surface area (Å²) in [5.74, 6) is -0.768. The molecule has 7 rings (SSSR count). The SMILES string of the molecule is CC(C)(C)OC(=O)ON1CCn2cc(C3=C(c4cn5c6c(cccc46)CCC5(C)C)C(=O)NC3=O)c3cccc(c32)C1. The molecule has 3 aliphatic rings. The van der Waals surface area contributed by atoms with Crippen molar-refractivity contribution in [3.8, 4) is 0 Å². The van der Waals surface area contributed by atoms with Crippen molar-refractivity contribution < 1.29 is 24.0 Å². The number of hydrogen-bond donors (Lipinski definition) is 1. The van der Waals surface area contributed by atoms with Gasteiger partial charge in [-0.15, -0.1) is 5.06 Å². The third-order valence-corrected chi connectivity index (χ3v) is 8.55. The quantitative estimate of drug-likeness (QED) is 0.259. The van der Waals surface area contributed by atoms with Crippen LogP contribution in [0.15, 0.2) is 48.8 Å². The summed E-state index contributed by atoms with van der Waals surface area (Å²) in [6.45, 7) is 11.1. The van der Waals surface area contributed by atoms with E-state index in [1.54, 1.807) is 25.8 Å². The van der Waals surface area contributed by atoms with E-state index < -0.39 is 17.7 Å². The smallest absolute Gasteiger partial charge is 0.427 e. The standard InChI is InChI=1S/C33H34N4O5/c1-32(2,3)41-31(40)42-36-15-14-35-17-23(21-10-7-9-20(16-36)27(21)35)25-26(30(39)34-29(25)38)24-18-37-28-19(8-6-11-22(24)28)12-13-33(37,4)5/h6-11,17-18H,12-16H2,1-5H3,(H,34,38,39).